The van der Waals surface area contributed by atoms with Crippen molar-refractivity contribution in [3.63, 3.8) is 0 Å². The van der Waals surface area contributed by atoms with Crippen LogP contribution >= 0.6 is 0 Å². The minimum Gasteiger partial charge on any atom is -0.327 e. The molecule has 0 amide bonds. The zero-order chi connectivity index (χ0) is 9.97. The Morgan fingerprint density at radius 3 is 2.50 bits per heavy atom. The molecule has 1 fully saturated rings. The van der Waals surface area contributed by atoms with Gasteiger partial charge in [-0.15, -0.1) is 0 Å². The first-order chi connectivity index (χ1) is 6.75. The summed E-state index contributed by atoms with van der Waals surface area (Å²) in [7, 11) is 0. The van der Waals surface area contributed by atoms with Crippen molar-refractivity contribution in [1.82, 2.24) is 0 Å². The number of halogens is 1. The molecule has 1 aromatic rings. The normalized spacial score (nSPS) is 26.7. The van der Waals surface area contributed by atoms with Gasteiger partial charge >= 0.3 is 0 Å². The maximum Gasteiger partial charge on any atom is 0.123 e. The van der Waals surface area contributed by atoms with Gasteiger partial charge in [0.2, 0.25) is 0 Å². The van der Waals surface area contributed by atoms with E-state index < -0.39 is 0 Å². The van der Waals surface area contributed by atoms with Crippen LogP contribution in [0.2, 0.25) is 0 Å². The van der Waals surface area contributed by atoms with Gasteiger partial charge in [-0.3, -0.25) is 0 Å². The number of nitrogens with two attached hydrogens (primary N) is 1. The zero-order valence-corrected chi connectivity index (χ0v) is 8.25. The molecule has 1 nitrogen and oxygen atoms in total. The lowest BCUT2D eigenvalue weighted by atomic mass is 9.95. The molecular formula is C12H16FN. The smallest absolute Gasteiger partial charge is 0.123 e. The molecule has 1 aliphatic rings. The number of hydrogen-bond acceptors (Lipinski definition) is 1. The molecule has 76 valence electrons. The van der Waals surface area contributed by atoms with Crippen molar-refractivity contribution in [2.45, 2.75) is 31.7 Å². The Balaban J connectivity index is 2.00. The lowest BCUT2D eigenvalue weighted by Gasteiger charge is -2.14. The highest BCUT2D eigenvalue weighted by Crippen LogP contribution is 2.27. The summed E-state index contributed by atoms with van der Waals surface area (Å²) >= 11 is 0. The van der Waals surface area contributed by atoms with Gasteiger partial charge in [-0.25, -0.2) is 4.39 Å². The van der Waals surface area contributed by atoms with Crippen molar-refractivity contribution in [1.29, 1.82) is 0 Å². The first-order valence-corrected chi connectivity index (χ1v) is 5.26. The van der Waals surface area contributed by atoms with Gasteiger partial charge in [0.25, 0.3) is 0 Å². The van der Waals surface area contributed by atoms with E-state index >= 15 is 0 Å². The molecular weight excluding hydrogens is 177 g/mol. The Kier molecular flexibility index (Phi) is 2.82. The van der Waals surface area contributed by atoms with Crippen molar-refractivity contribution < 1.29 is 4.39 Å². The molecule has 0 unspecified atom stereocenters. The summed E-state index contributed by atoms with van der Waals surface area (Å²) < 4.78 is 12.7. The van der Waals surface area contributed by atoms with Gasteiger partial charge in [0.1, 0.15) is 5.82 Å². The fourth-order valence-electron chi connectivity index (χ4n) is 2.24. The summed E-state index contributed by atoms with van der Waals surface area (Å²) in [4.78, 5) is 0. The third kappa shape index (κ3) is 2.13. The van der Waals surface area contributed by atoms with Crippen LogP contribution in [0.1, 0.15) is 24.8 Å². The number of hydrogen-bond donors (Lipinski definition) is 1. The van der Waals surface area contributed by atoms with Crippen LogP contribution in [0.5, 0.6) is 0 Å². The first kappa shape index (κ1) is 9.66. The third-order valence-electron chi connectivity index (χ3n) is 3.13. The van der Waals surface area contributed by atoms with Crippen LogP contribution in [0, 0.1) is 11.7 Å². The summed E-state index contributed by atoms with van der Waals surface area (Å²) in [6, 6.07) is 7.12. The van der Waals surface area contributed by atoms with E-state index in [2.05, 4.69) is 0 Å². The molecule has 0 saturated heterocycles. The third-order valence-corrected chi connectivity index (χ3v) is 3.13. The van der Waals surface area contributed by atoms with E-state index in [0.29, 0.717) is 12.0 Å². The predicted molar refractivity (Wildman–Crippen MR) is 55.4 cm³/mol. The van der Waals surface area contributed by atoms with E-state index in [1.165, 1.54) is 30.5 Å². The molecule has 2 atom stereocenters. The second-order valence-electron chi connectivity index (χ2n) is 4.19. The summed E-state index contributed by atoms with van der Waals surface area (Å²) in [6.45, 7) is 0. The lowest BCUT2D eigenvalue weighted by Crippen LogP contribution is -2.25. The Hall–Kier alpha value is -0.890. The first-order valence-electron chi connectivity index (χ1n) is 5.26. The lowest BCUT2D eigenvalue weighted by molar-refractivity contribution is 0.478. The van der Waals surface area contributed by atoms with Gasteiger partial charge in [0.05, 0.1) is 0 Å². The Morgan fingerprint density at radius 1 is 1.21 bits per heavy atom. The molecule has 2 rings (SSSR count). The van der Waals surface area contributed by atoms with Crippen molar-refractivity contribution in [3.8, 4) is 0 Å². The van der Waals surface area contributed by atoms with E-state index in [9.17, 15) is 4.39 Å². The molecule has 1 aromatic carbocycles. The van der Waals surface area contributed by atoms with Crippen LogP contribution in [0.4, 0.5) is 4.39 Å². The summed E-state index contributed by atoms with van der Waals surface area (Å²) in [5, 5.41) is 0. The van der Waals surface area contributed by atoms with Crippen molar-refractivity contribution in [2.24, 2.45) is 11.7 Å². The highest BCUT2D eigenvalue weighted by atomic mass is 19.1. The van der Waals surface area contributed by atoms with Gasteiger partial charge < -0.3 is 5.73 Å². The second kappa shape index (κ2) is 4.09. The van der Waals surface area contributed by atoms with E-state index in [-0.39, 0.29) is 5.82 Å². The Labute approximate surface area is 84.1 Å². The summed E-state index contributed by atoms with van der Waals surface area (Å²) in [5.74, 6) is 0.435. The van der Waals surface area contributed by atoms with Crippen molar-refractivity contribution >= 4 is 0 Å². The van der Waals surface area contributed by atoms with Crippen LogP contribution in [0.15, 0.2) is 24.3 Å². The number of benzene rings is 1. The maximum absolute atomic E-state index is 12.7. The zero-order valence-electron chi connectivity index (χ0n) is 8.25. The van der Waals surface area contributed by atoms with Gasteiger partial charge in [0.15, 0.2) is 0 Å². The van der Waals surface area contributed by atoms with E-state index in [4.69, 9.17) is 5.73 Å². The predicted octanol–water partition coefficient (Wildman–Crippen LogP) is 2.50. The maximum atomic E-state index is 12.7. The molecule has 14 heavy (non-hydrogen) atoms. The molecule has 0 aromatic heterocycles. The van der Waals surface area contributed by atoms with E-state index in [0.717, 1.165) is 12.8 Å². The Bertz CT molecular complexity index is 294. The average molecular weight is 193 g/mol. The van der Waals surface area contributed by atoms with Crippen LogP contribution in [0.25, 0.3) is 0 Å². The number of rotatable bonds is 2. The van der Waals surface area contributed by atoms with Crippen LogP contribution in [-0.2, 0) is 6.42 Å². The standard InChI is InChI=1S/C12H16FN/c13-11-6-4-9(5-7-11)8-10-2-1-3-12(10)14/h4-7,10,12H,1-3,8,14H2/t10-,12-/m1/s1. The van der Waals surface area contributed by atoms with E-state index in [1.54, 1.807) is 0 Å². The van der Waals surface area contributed by atoms with E-state index in [1.807, 2.05) is 12.1 Å². The van der Waals surface area contributed by atoms with Gasteiger partial charge in [0, 0.05) is 6.04 Å². The fourth-order valence-corrected chi connectivity index (χ4v) is 2.24. The van der Waals surface area contributed by atoms with Crippen LogP contribution in [0.3, 0.4) is 0 Å². The minimum absolute atomic E-state index is 0.163. The van der Waals surface area contributed by atoms with Gasteiger partial charge in [-0.1, -0.05) is 18.6 Å². The topological polar surface area (TPSA) is 26.0 Å². The van der Waals surface area contributed by atoms with Crippen molar-refractivity contribution in [3.05, 3.63) is 35.6 Å². The van der Waals surface area contributed by atoms with Crippen LogP contribution in [-0.4, -0.2) is 6.04 Å². The van der Waals surface area contributed by atoms with Crippen molar-refractivity contribution in [2.75, 3.05) is 0 Å². The highest BCUT2D eigenvalue weighted by molar-refractivity contribution is 5.17. The summed E-state index contributed by atoms with van der Waals surface area (Å²) in [6.07, 6.45) is 4.61. The van der Waals surface area contributed by atoms with Gasteiger partial charge in [-0.05, 0) is 42.9 Å². The second-order valence-corrected chi connectivity index (χ2v) is 4.19. The average Bonchev–Trinajstić information content (AvgIpc) is 2.56. The molecule has 1 saturated carbocycles. The molecule has 2 heteroatoms. The Morgan fingerprint density at radius 2 is 1.93 bits per heavy atom. The molecule has 0 aliphatic heterocycles. The molecule has 0 spiro atoms. The molecule has 0 radical (unpaired) electrons. The molecule has 2 N–H and O–H groups in total. The van der Waals surface area contributed by atoms with Crippen LogP contribution < -0.4 is 5.73 Å². The minimum atomic E-state index is -0.163. The summed E-state index contributed by atoms with van der Waals surface area (Å²) in [5.41, 5.74) is 7.19. The quantitative estimate of drug-likeness (QED) is 0.767. The monoisotopic (exact) mass is 193 g/mol. The van der Waals surface area contributed by atoms with Gasteiger partial charge in [-0.2, -0.15) is 0 Å². The molecule has 0 bridgehead atoms. The molecule has 0 heterocycles. The fraction of sp³-hybridized carbons (Fsp3) is 0.500. The largest absolute Gasteiger partial charge is 0.327 e. The SMILES string of the molecule is N[C@@H]1CCC[C@@H]1Cc1ccc(F)cc1. The molecule has 1 aliphatic carbocycles. The highest BCUT2D eigenvalue weighted by Gasteiger charge is 2.23.